The molecule has 15 heavy (non-hydrogen) atoms. The van der Waals surface area contributed by atoms with Gasteiger partial charge in [-0.05, 0) is 31.0 Å². The first-order valence-electron chi connectivity index (χ1n) is 4.37. The zero-order valence-corrected chi connectivity index (χ0v) is 8.57. The lowest BCUT2D eigenvalue weighted by atomic mass is 10.1. The maximum atomic E-state index is 12.2. The molecule has 1 aromatic rings. The fraction of sp³-hybridized carbons (Fsp3) is 0.444. The van der Waals surface area contributed by atoms with Gasteiger partial charge in [-0.3, -0.25) is 4.98 Å². The highest BCUT2D eigenvalue weighted by molar-refractivity contribution is 6.31. The number of nitrogens with zero attached hydrogens (tertiary/aromatic N) is 1. The minimum atomic E-state index is -4.45. The van der Waals surface area contributed by atoms with E-state index in [4.69, 9.17) is 17.3 Å². The van der Waals surface area contributed by atoms with Crippen LogP contribution in [-0.2, 0) is 12.6 Å². The topological polar surface area (TPSA) is 38.9 Å². The van der Waals surface area contributed by atoms with E-state index in [1.54, 1.807) is 0 Å². The second-order valence-corrected chi connectivity index (χ2v) is 3.46. The van der Waals surface area contributed by atoms with Gasteiger partial charge >= 0.3 is 6.18 Å². The van der Waals surface area contributed by atoms with Crippen molar-refractivity contribution < 1.29 is 13.2 Å². The van der Waals surface area contributed by atoms with Gasteiger partial charge in [-0.15, -0.1) is 0 Å². The van der Waals surface area contributed by atoms with Gasteiger partial charge in [0.2, 0.25) is 0 Å². The van der Waals surface area contributed by atoms with E-state index in [1.807, 2.05) is 0 Å². The van der Waals surface area contributed by atoms with Crippen molar-refractivity contribution in [1.82, 2.24) is 4.98 Å². The van der Waals surface area contributed by atoms with E-state index < -0.39 is 11.9 Å². The Morgan fingerprint density at radius 1 is 1.40 bits per heavy atom. The number of alkyl halides is 3. The number of rotatable bonds is 3. The lowest BCUT2D eigenvalue weighted by Crippen LogP contribution is -2.08. The maximum absolute atomic E-state index is 12.2. The molecule has 1 rings (SSSR count). The minimum Gasteiger partial charge on any atom is -0.330 e. The number of aromatic nitrogens is 1. The summed E-state index contributed by atoms with van der Waals surface area (Å²) in [7, 11) is 0. The first-order valence-corrected chi connectivity index (χ1v) is 4.74. The van der Waals surface area contributed by atoms with Gasteiger partial charge in [-0.1, -0.05) is 11.6 Å². The Morgan fingerprint density at radius 3 is 2.53 bits per heavy atom. The molecule has 0 radical (unpaired) electrons. The van der Waals surface area contributed by atoms with Crippen LogP contribution in [-0.4, -0.2) is 11.5 Å². The Bertz CT molecular complexity index is 339. The summed E-state index contributed by atoms with van der Waals surface area (Å²) in [5.74, 6) is 0. The van der Waals surface area contributed by atoms with Gasteiger partial charge in [-0.2, -0.15) is 13.2 Å². The summed E-state index contributed by atoms with van der Waals surface area (Å²) in [5, 5.41) is 0.0887. The zero-order chi connectivity index (χ0) is 11.5. The summed E-state index contributed by atoms with van der Waals surface area (Å²) < 4.78 is 36.6. The molecule has 2 nitrogen and oxygen atoms in total. The van der Waals surface area contributed by atoms with Crippen molar-refractivity contribution >= 4 is 11.6 Å². The normalized spacial score (nSPS) is 11.8. The summed E-state index contributed by atoms with van der Waals surface area (Å²) in [6, 6.07) is 0.841. The summed E-state index contributed by atoms with van der Waals surface area (Å²) >= 11 is 5.69. The second kappa shape index (κ2) is 4.81. The van der Waals surface area contributed by atoms with E-state index in [0.29, 0.717) is 24.9 Å². The van der Waals surface area contributed by atoms with Gasteiger partial charge in [0.1, 0.15) is 5.69 Å². The quantitative estimate of drug-likeness (QED) is 0.879. The zero-order valence-electron chi connectivity index (χ0n) is 7.81. The molecule has 0 aliphatic heterocycles. The summed E-state index contributed by atoms with van der Waals surface area (Å²) in [6.45, 7) is 0.470. The summed E-state index contributed by atoms with van der Waals surface area (Å²) in [6.07, 6.45) is -2.08. The Labute approximate surface area is 90.3 Å². The van der Waals surface area contributed by atoms with Crippen LogP contribution in [0.3, 0.4) is 0 Å². The number of hydrogen-bond acceptors (Lipinski definition) is 2. The van der Waals surface area contributed by atoms with Crippen LogP contribution in [0.15, 0.2) is 12.3 Å². The molecule has 6 heteroatoms. The predicted octanol–water partition coefficient (Wildman–Crippen LogP) is 2.65. The van der Waals surface area contributed by atoms with Gasteiger partial charge in [-0.25, -0.2) is 0 Å². The van der Waals surface area contributed by atoms with Gasteiger partial charge < -0.3 is 5.73 Å². The number of nitrogens with two attached hydrogens (primary N) is 1. The van der Waals surface area contributed by atoms with Crippen LogP contribution >= 0.6 is 11.6 Å². The molecule has 0 saturated carbocycles. The fourth-order valence-corrected chi connectivity index (χ4v) is 1.34. The van der Waals surface area contributed by atoms with E-state index in [2.05, 4.69) is 4.98 Å². The Kier molecular flexibility index (Phi) is 3.93. The first-order chi connectivity index (χ1) is 6.95. The van der Waals surface area contributed by atoms with E-state index in [9.17, 15) is 13.2 Å². The van der Waals surface area contributed by atoms with Crippen molar-refractivity contribution in [2.24, 2.45) is 5.73 Å². The molecule has 0 spiro atoms. The molecule has 0 atom stereocenters. The number of aryl methyl sites for hydroxylation is 1. The van der Waals surface area contributed by atoms with Gasteiger partial charge in [0.25, 0.3) is 0 Å². The van der Waals surface area contributed by atoms with Crippen LogP contribution in [0.2, 0.25) is 5.02 Å². The monoisotopic (exact) mass is 238 g/mol. The highest BCUT2D eigenvalue weighted by Gasteiger charge is 2.32. The summed E-state index contributed by atoms with van der Waals surface area (Å²) in [4.78, 5) is 3.31. The fourth-order valence-electron chi connectivity index (χ4n) is 1.09. The average molecular weight is 239 g/mol. The molecule has 84 valence electrons. The Balaban J connectivity index is 2.88. The molecule has 2 N–H and O–H groups in total. The third-order valence-electron chi connectivity index (χ3n) is 1.87. The van der Waals surface area contributed by atoms with E-state index in [-0.39, 0.29) is 5.02 Å². The molecular formula is C9H10ClF3N2. The van der Waals surface area contributed by atoms with Crippen LogP contribution in [0.4, 0.5) is 13.2 Å². The number of hydrogen-bond donors (Lipinski definition) is 1. The van der Waals surface area contributed by atoms with Gasteiger partial charge in [0.15, 0.2) is 0 Å². The number of halogens is 4. The molecule has 1 heterocycles. The van der Waals surface area contributed by atoms with Gasteiger partial charge in [0, 0.05) is 11.2 Å². The van der Waals surface area contributed by atoms with Crippen molar-refractivity contribution in [3.63, 3.8) is 0 Å². The van der Waals surface area contributed by atoms with Crippen molar-refractivity contribution in [3.05, 3.63) is 28.5 Å². The first kappa shape index (κ1) is 12.3. The highest BCUT2D eigenvalue weighted by atomic mass is 35.5. The maximum Gasteiger partial charge on any atom is 0.433 e. The summed E-state index contributed by atoms with van der Waals surface area (Å²) in [5.41, 5.74) is 4.91. The van der Waals surface area contributed by atoms with E-state index >= 15 is 0 Å². The largest absolute Gasteiger partial charge is 0.433 e. The van der Waals surface area contributed by atoms with Crippen LogP contribution < -0.4 is 5.73 Å². The predicted molar refractivity (Wildman–Crippen MR) is 51.6 cm³/mol. The molecule has 0 saturated heterocycles. The molecule has 0 fully saturated rings. The third kappa shape index (κ3) is 3.35. The second-order valence-electron chi connectivity index (χ2n) is 3.05. The lowest BCUT2D eigenvalue weighted by Gasteiger charge is -2.08. The van der Waals surface area contributed by atoms with Crippen molar-refractivity contribution in [2.45, 2.75) is 19.0 Å². The smallest absolute Gasteiger partial charge is 0.330 e. The average Bonchev–Trinajstić information content (AvgIpc) is 2.14. The van der Waals surface area contributed by atoms with E-state index in [1.165, 1.54) is 0 Å². The molecule has 0 aliphatic rings. The lowest BCUT2D eigenvalue weighted by molar-refractivity contribution is -0.141. The molecule has 0 unspecified atom stereocenters. The highest BCUT2D eigenvalue weighted by Crippen LogP contribution is 2.30. The van der Waals surface area contributed by atoms with Crippen molar-refractivity contribution in [3.8, 4) is 0 Å². The molecular weight excluding hydrogens is 229 g/mol. The van der Waals surface area contributed by atoms with E-state index in [0.717, 1.165) is 12.3 Å². The van der Waals surface area contributed by atoms with Gasteiger partial charge in [0.05, 0.1) is 0 Å². The Hall–Kier alpha value is -0.810. The van der Waals surface area contributed by atoms with Crippen molar-refractivity contribution in [1.29, 1.82) is 0 Å². The molecule has 1 aromatic heterocycles. The standard InChI is InChI=1S/C9H10ClF3N2/c10-7-4-8(9(11,12)13)15-5-6(7)2-1-3-14/h4-5H,1-3,14H2. The molecule has 0 bridgehead atoms. The molecule has 0 aliphatic carbocycles. The van der Waals surface area contributed by atoms with Crippen LogP contribution in [0, 0.1) is 0 Å². The van der Waals surface area contributed by atoms with Crippen molar-refractivity contribution in [2.75, 3.05) is 6.54 Å². The molecule has 0 amide bonds. The third-order valence-corrected chi connectivity index (χ3v) is 2.22. The minimum absolute atomic E-state index is 0.0887. The van der Waals surface area contributed by atoms with Crippen LogP contribution in [0.25, 0.3) is 0 Å². The number of pyridine rings is 1. The Morgan fingerprint density at radius 2 is 2.07 bits per heavy atom. The van der Waals surface area contributed by atoms with Crippen LogP contribution in [0.5, 0.6) is 0 Å². The SMILES string of the molecule is NCCCc1cnc(C(F)(F)F)cc1Cl. The molecule has 0 aromatic carbocycles. The van der Waals surface area contributed by atoms with Crippen LogP contribution in [0.1, 0.15) is 17.7 Å².